The van der Waals surface area contributed by atoms with Gasteiger partial charge in [0, 0.05) is 116 Å². The van der Waals surface area contributed by atoms with E-state index in [1.54, 1.807) is 0 Å². The summed E-state index contributed by atoms with van der Waals surface area (Å²) >= 11 is 0. The van der Waals surface area contributed by atoms with Crippen LogP contribution in [0.3, 0.4) is 0 Å². The largest absolute Gasteiger partial charge is 0.360 e. The molecule has 1 aliphatic heterocycles. The van der Waals surface area contributed by atoms with Gasteiger partial charge in [0.05, 0.1) is 106 Å². The van der Waals surface area contributed by atoms with E-state index in [1.807, 2.05) is 0 Å². The highest BCUT2D eigenvalue weighted by atomic mass is 15.1. The van der Waals surface area contributed by atoms with Crippen LogP contribution in [0.2, 0.25) is 0 Å². The predicted octanol–water partition coefficient (Wildman–Crippen LogP) is 34.6. The van der Waals surface area contributed by atoms with Crippen molar-refractivity contribution >= 4 is 186 Å². The smallest absolute Gasteiger partial charge is 0.145 e. The van der Waals surface area contributed by atoms with E-state index in [-0.39, 0.29) is 6.17 Å². The van der Waals surface area contributed by atoms with Gasteiger partial charge in [0.1, 0.15) is 11.7 Å². The van der Waals surface area contributed by atoms with E-state index in [4.69, 9.17) is 24.9 Å². The second kappa shape index (κ2) is 32.4. The molecule has 0 amide bonds. The molecule has 8 heterocycles. The molecule has 23 aromatic carbocycles. The Morgan fingerprint density at radius 1 is 0.190 bits per heavy atom. The van der Waals surface area contributed by atoms with Gasteiger partial charge in [-0.3, -0.25) is 4.99 Å². The molecule has 0 bridgehead atoms. The third-order valence-corrected chi connectivity index (χ3v) is 30.8. The summed E-state index contributed by atoms with van der Waals surface area (Å²) in [4.78, 5) is 28.3. The molecule has 682 valence electrons. The quantitative estimate of drug-likeness (QED) is 0.124. The minimum Gasteiger partial charge on any atom is -0.360 e. The molecule has 0 spiro atoms. The maximum atomic E-state index is 5.88. The fraction of sp³-hybridized carbons (Fsp3) is 0.00735. The maximum Gasteiger partial charge on any atom is 0.145 e. The Morgan fingerprint density at radius 3 is 1.27 bits per heavy atom. The lowest BCUT2D eigenvalue weighted by molar-refractivity contribution is 0.828. The normalized spacial score (nSPS) is 12.9. The molecule has 1 N–H and O–H groups in total. The summed E-state index contributed by atoms with van der Waals surface area (Å²) in [5.41, 5.74) is 36.4. The molecule has 1 unspecified atom stereocenters. The van der Waals surface area contributed by atoms with Crippen LogP contribution in [-0.4, -0.2) is 48.5 Å². The number of para-hydroxylation sites is 5. The summed E-state index contributed by atoms with van der Waals surface area (Å²) < 4.78 is 12.2. The van der Waals surface area contributed by atoms with Crippen molar-refractivity contribution in [1.82, 2.24) is 42.8 Å². The predicted molar refractivity (Wildman–Crippen MR) is 612 cm³/mol. The number of fused-ring (bicyclic) bond motifs is 26. The Morgan fingerprint density at radius 2 is 0.626 bits per heavy atom. The maximum absolute atomic E-state index is 5.88. The van der Waals surface area contributed by atoms with E-state index in [2.05, 4.69) is 520 Å². The lowest BCUT2D eigenvalue weighted by Crippen LogP contribution is -2.21. The van der Waals surface area contributed by atoms with Crippen molar-refractivity contribution in [3.05, 3.63) is 508 Å². The standard InChI is InChI=1S/C136H83N11/c1-7-32-85(33-8-1)130-108-76-96(64-68-111(108)140-136(142-130)89-38-13-4-14-39-89)145-115-53-25-23-48-103(115)107-79-110-125(80-122(107)145)144(95-44-17-6-18-45-95)118-73-67-102-98(50-28-51-105(102)127(110)118)91-60-66-101-92(75-91)63-72-120-129(101)128-100-47-22-20-31-84(100)62-71-119(128)147(120)121-55-29-52-113-135(121)141-133(87-36-11-3-12-37-87)134(138-113)93-41-27-40-90(74-93)82-56-58-88(59-57-82)132-131(86-34-9-2-10-35-86)139-114-77-97(65-69-112(114)137-132)146-116-54-26-24-49-104(116)106-78-109-124(81-123(106)146)143(94-42-15-5-16-43-94)117-70-61-83-30-19-21-46-99(83)126(109)117/h1-81,136,140H. The van der Waals surface area contributed by atoms with E-state index in [0.717, 1.165) is 195 Å². The number of anilines is 1. The summed E-state index contributed by atoms with van der Waals surface area (Å²) in [5, 5.41) is 25.3. The molecular weight excluding hydrogens is 1790 g/mol. The molecule has 1 atom stereocenters. The minimum atomic E-state index is -0.236. The van der Waals surface area contributed by atoms with Crippen molar-refractivity contribution < 1.29 is 0 Å². The third-order valence-electron chi connectivity index (χ3n) is 30.8. The van der Waals surface area contributed by atoms with Crippen LogP contribution in [0.5, 0.6) is 0 Å². The molecular formula is C136H83N11. The van der Waals surface area contributed by atoms with Gasteiger partial charge in [0.2, 0.25) is 0 Å². The molecule has 1 aliphatic rings. The molecule has 0 fully saturated rings. The first kappa shape index (κ1) is 82.0. The zero-order valence-corrected chi connectivity index (χ0v) is 79.3. The fourth-order valence-electron chi connectivity index (χ4n) is 24.2. The number of aromatic nitrogens is 9. The Labute approximate surface area is 842 Å². The molecule has 0 radical (unpaired) electrons. The lowest BCUT2D eigenvalue weighted by Gasteiger charge is -2.27. The van der Waals surface area contributed by atoms with E-state index >= 15 is 0 Å². The molecule has 0 aliphatic carbocycles. The van der Waals surface area contributed by atoms with Gasteiger partial charge in [0.15, 0.2) is 0 Å². The number of benzene rings is 23. The monoisotopic (exact) mass is 1870 g/mol. The van der Waals surface area contributed by atoms with Gasteiger partial charge in [-0.1, -0.05) is 346 Å². The molecule has 147 heavy (non-hydrogen) atoms. The van der Waals surface area contributed by atoms with Gasteiger partial charge in [-0.25, -0.2) is 19.9 Å². The summed E-state index contributed by atoms with van der Waals surface area (Å²) in [7, 11) is 0. The van der Waals surface area contributed by atoms with Gasteiger partial charge in [-0.2, -0.15) is 0 Å². The van der Waals surface area contributed by atoms with Crippen LogP contribution in [0.25, 0.3) is 270 Å². The van der Waals surface area contributed by atoms with Gasteiger partial charge in [0.25, 0.3) is 0 Å². The summed E-state index contributed by atoms with van der Waals surface area (Å²) in [5.74, 6) is 0. The van der Waals surface area contributed by atoms with Crippen LogP contribution in [0.1, 0.15) is 22.9 Å². The second-order valence-corrected chi connectivity index (χ2v) is 38.9. The fourth-order valence-corrected chi connectivity index (χ4v) is 24.2. The molecule has 7 aromatic heterocycles. The van der Waals surface area contributed by atoms with Crippen molar-refractivity contribution in [1.29, 1.82) is 0 Å². The SMILES string of the molecule is c1ccc(C2=NC(c3ccccc3)Nc3ccc(-n4c5ccccc5c5cc6c7c8cccc(-c9ccc%10c(ccc%11c%10c%10c%12ccccc%12ccc%10n%11-c%10cccc%11nc(-c%12cccc(-c%13ccc(-c%14nc%15ccc(-n%16c%17ccccc%17c%17cc%18c%19c%20ccccc%20ccc%19n(-c%19ccccc%19)c%18cc%17%16)cc%15nc%14-c%14ccccc%14)cc%13)c%12)c(-c%12ccccc%12)nc%10%11)c9)c8ccc7n(-c7ccccc7)c6cc54)cc32)cc1. The minimum absolute atomic E-state index is 0.236. The van der Waals surface area contributed by atoms with E-state index in [9.17, 15) is 0 Å². The summed E-state index contributed by atoms with van der Waals surface area (Å²) in [6.45, 7) is 0. The Balaban J connectivity index is 0.500. The Bertz CT molecular complexity index is 10800. The Hall–Kier alpha value is -19.8. The van der Waals surface area contributed by atoms with Crippen LogP contribution >= 0.6 is 0 Å². The zero-order chi connectivity index (χ0) is 96.2. The molecule has 11 heteroatoms. The highest BCUT2D eigenvalue weighted by Crippen LogP contribution is 2.51. The summed E-state index contributed by atoms with van der Waals surface area (Å²) in [6, 6.07) is 179. The van der Waals surface area contributed by atoms with Crippen molar-refractivity contribution in [2.24, 2.45) is 4.99 Å². The van der Waals surface area contributed by atoms with Crippen LogP contribution in [0.15, 0.2) is 496 Å². The molecule has 0 saturated carbocycles. The van der Waals surface area contributed by atoms with Crippen LogP contribution < -0.4 is 5.32 Å². The average Bonchev–Trinajstić information content (AvgIpc) is 1.49. The first-order valence-corrected chi connectivity index (χ1v) is 50.3. The lowest BCUT2D eigenvalue weighted by atomic mass is 9.93. The number of hydrogen-bond donors (Lipinski definition) is 1. The number of nitrogens with one attached hydrogen (secondary N) is 1. The first-order chi connectivity index (χ1) is 72.9. The number of rotatable bonds is 13. The topological polar surface area (TPSA) is 101 Å². The number of aliphatic imine (C=N–C) groups is 1. The van der Waals surface area contributed by atoms with Crippen LogP contribution in [0.4, 0.5) is 5.69 Å². The van der Waals surface area contributed by atoms with Crippen molar-refractivity contribution in [2.75, 3.05) is 5.32 Å². The van der Waals surface area contributed by atoms with Crippen LogP contribution in [0, 0.1) is 0 Å². The number of nitrogens with zero attached hydrogens (tertiary/aromatic N) is 10. The molecule has 11 nitrogen and oxygen atoms in total. The van der Waals surface area contributed by atoms with Crippen molar-refractivity contribution in [2.45, 2.75) is 6.17 Å². The average molecular weight is 1870 g/mol. The second-order valence-electron chi connectivity index (χ2n) is 38.9. The molecule has 31 rings (SSSR count). The van der Waals surface area contributed by atoms with E-state index in [1.165, 1.54) is 103 Å². The van der Waals surface area contributed by atoms with Crippen molar-refractivity contribution in [3.8, 4) is 95.7 Å². The first-order valence-electron chi connectivity index (χ1n) is 50.3. The summed E-state index contributed by atoms with van der Waals surface area (Å²) in [6.07, 6.45) is -0.236. The van der Waals surface area contributed by atoms with E-state index in [0.29, 0.717) is 0 Å². The molecule has 30 aromatic rings. The third kappa shape index (κ3) is 12.7. The van der Waals surface area contributed by atoms with E-state index < -0.39 is 0 Å². The Kier molecular flexibility index (Phi) is 18.1. The van der Waals surface area contributed by atoms with Gasteiger partial charge in [-0.05, 0) is 216 Å². The number of hydrogen-bond acceptors (Lipinski definition) is 6. The highest BCUT2D eigenvalue weighted by Gasteiger charge is 2.31. The van der Waals surface area contributed by atoms with Gasteiger partial charge >= 0.3 is 0 Å². The van der Waals surface area contributed by atoms with Crippen molar-refractivity contribution in [3.63, 3.8) is 0 Å². The highest BCUT2D eigenvalue weighted by molar-refractivity contribution is 6.32. The molecule has 0 saturated heterocycles. The van der Waals surface area contributed by atoms with Gasteiger partial charge < -0.3 is 28.2 Å². The van der Waals surface area contributed by atoms with Gasteiger partial charge in [-0.15, -0.1) is 0 Å². The zero-order valence-electron chi connectivity index (χ0n) is 79.3. The van der Waals surface area contributed by atoms with Crippen LogP contribution in [-0.2, 0) is 0 Å².